The van der Waals surface area contributed by atoms with Gasteiger partial charge in [0.2, 0.25) is 0 Å². The molecular formula is C12H13N3OS. The number of aromatic nitrogens is 2. The van der Waals surface area contributed by atoms with E-state index >= 15 is 0 Å². The quantitative estimate of drug-likeness (QED) is 0.905. The van der Waals surface area contributed by atoms with Crippen molar-refractivity contribution in [2.45, 2.75) is 37.5 Å². The van der Waals surface area contributed by atoms with E-state index in [4.69, 9.17) is 10.3 Å². The van der Waals surface area contributed by atoms with Crippen molar-refractivity contribution < 1.29 is 4.52 Å². The van der Waals surface area contributed by atoms with Crippen LogP contribution in [0.1, 0.15) is 48.2 Å². The molecule has 0 bridgehead atoms. The van der Waals surface area contributed by atoms with Crippen molar-refractivity contribution >= 4 is 16.3 Å². The summed E-state index contributed by atoms with van der Waals surface area (Å²) in [5, 5.41) is 4.83. The van der Waals surface area contributed by atoms with E-state index in [-0.39, 0.29) is 0 Å². The summed E-state index contributed by atoms with van der Waals surface area (Å²) in [6, 6.07) is 2.13. The standard InChI is InChI=1S/C12H13N3OS/c13-10-8(5-9(17-10)6-1-2-6)12-14-11(15-16-12)7-3-4-7/h5-7H,1-4,13H2. The molecule has 0 radical (unpaired) electrons. The summed E-state index contributed by atoms with van der Waals surface area (Å²) < 4.78 is 5.31. The van der Waals surface area contributed by atoms with Crippen LogP contribution >= 0.6 is 11.3 Å². The van der Waals surface area contributed by atoms with Gasteiger partial charge in [0.05, 0.1) is 10.6 Å². The number of nitrogens with zero attached hydrogens (tertiary/aromatic N) is 2. The van der Waals surface area contributed by atoms with E-state index in [1.807, 2.05) is 0 Å². The number of nitrogens with two attached hydrogens (primary N) is 1. The van der Waals surface area contributed by atoms with Crippen LogP contribution in [0.2, 0.25) is 0 Å². The number of hydrogen-bond acceptors (Lipinski definition) is 5. The monoisotopic (exact) mass is 247 g/mol. The van der Waals surface area contributed by atoms with Crippen molar-refractivity contribution in [3.8, 4) is 11.5 Å². The first-order valence-corrected chi connectivity index (χ1v) is 6.86. The molecule has 2 aliphatic rings. The molecule has 2 N–H and O–H groups in total. The Balaban J connectivity index is 1.71. The highest BCUT2D eigenvalue weighted by Crippen LogP contribution is 2.47. The molecule has 0 unspecified atom stereocenters. The third-order valence-corrected chi connectivity index (χ3v) is 4.50. The Hall–Kier alpha value is -1.36. The van der Waals surface area contributed by atoms with Gasteiger partial charge in [0.25, 0.3) is 5.89 Å². The maximum atomic E-state index is 6.03. The van der Waals surface area contributed by atoms with E-state index in [0.717, 1.165) is 22.3 Å². The highest BCUT2D eigenvalue weighted by Gasteiger charge is 2.31. The number of nitrogen functional groups attached to an aromatic ring is 1. The molecule has 0 spiro atoms. The van der Waals surface area contributed by atoms with Crippen molar-refractivity contribution in [3.63, 3.8) is 0 Å². The molecule has 0 atom stereocenters. The van der Waals surface area contributed by atoms with Gasteiger partial charge in [0.15, 0.2) is 5.82 Å². The molecule has 88 valence electrons. The molecule has 2 saturated carbocycles. The highest BCUT2D eigenvalue weighted by atomic mass is 32.1. The van der Waals surface area contributed by atoms with Crippen molar-refractivity contribution in [2.75, 3.05) is 5.73 Å². The minimum Gasteiger partial charge on any atom is -0.390 e. The Kier molecular flexibility index (Phi) is 1.88. The summed E-state index contributed by atoms with van der Waals surface area (Å²) in [5.74, 6) is 2.68. The van der Waals surface area contributed by atoms with Gasteiger partial charge < -0.3 is 10.3 Å². The number of thiophene rings is 1. The number of anilines is 1. The summed E-state index contributed by atoms with van der Waals surface area (Å²) in [6.45, 7) is 0. The summed E-state index contributed by atoms with van der Waals surface area (Å²) in [5.41, 5.74) is 6.96. The summed E-state index contributed by atoms with van der Waals surface area (Å²) in [7, 11) is 0. The van der Waals surface area contributed by atoms with Crippen molar-refractivity contribution in [1.82, 2.24) is 10.1 Å². The Morgan fingerprint density at radius 3 is 2.71 bits per heavy atom. The lowest BCUT2D eigenvalue weighted by Crippen LogP contribution is -1.84. The molecule has 2 heterocycles. The average molecular weight is 247 g/mol. The van der Waals surface area contributed by atoms with Crippen molar-refractivity contribution in [1.29, 1.82) is 0 Å². The van der Waals surface area contributed by atoms with E-state index in [1.165, 1.54) is 30.6 Å². The second-order valence-corrected chi connectivity index (χ2v) is 6.05. The predicted octanol–water partition coefficient (Wildman–Crippen LogP) is 3.14. The van der Waals surface area contributed by atoms with Crippen LogP contribution in [0.4, 0.5) is 5.00 Å². The molecule has 4 rings (SSSR count). The fourth-order valence-electron chi connectivity index (χ4n) is 2.01. The van der Waals surface area contributed by atoms with Gasteiger partial charge in [-0.05, 0) is 37.7 Å². The minimum absolute atomic E-state index is 0.523. The van der Waals surface area contributed by atoms with Gasteiger partial charge in [-0.3, -0.25) is 0 Å². The Morgan fingerprint density at radius 1 is 1.24 bits per heavy atom. The molecule has 0 amide bonds. The van der Waals surface area contributed by atoms with Gasteiger partial charge in [-0.2, -0.15) is 4.98 Å². The lowest BCUT2D eigenvalue weighted by molar-refractivity contribution is 0.423. The molecule has 2 aliphatic carbocycles. The number of hydrogen-bond donors (Lipinski definition) is 1. The van der Waals surface area contributed by atoms with Crippen LogP contribution in [-0.2, 0) is 0 Å². The normalized spacial score (nSPS) is 19.8. The topological polar surface area (TPSA) is 64.9 Å². The predicted molar refractivity (Wildman–Crippen MR) is 66.0 cm³/mol. The molecule has 2 aromatic heterocycles. The first kappa shape index (κ1) is 9.65. The van der Waals surface area contributed by atoms with Gasteiger partial charge in [-0.25, -0.2) is 0 Å². The van der Waals surface area contributed by atoms with E-state index < -0.39 is 0 Å². The fourth-order valence-corrected chi connectivity index (χ4v) is 3.10. The first-order valence-electron chi connectivity index (χ1n) is 6.04. The van der Waals surface area contributed by atoms with Crippen LogP contribution in [0, 0.1) is 0 Å². The molecule has 17 heavy (non-hydrogen) atoms. The first-order chi connectivity index (χ1) is 8.31. The molecular weight excluding hydrogens is 234 g/mol. The zero-order valence-corrected chi connectivity index (χ0v) is 10.2. The summed E-state index contributed by atoms with van der Waals surface area (Å²) in [6.07, 6.45) is 4.95. The van der Waals surface area contributed by atoms with Gasteiger partial charge in [-0.1, -0.05) is 5.16 Å². The molecule has 0 saturated heterocycles. The Bertz CT molecular complexity index is 566. The zero-order chi connectivity index (χ0) is 11.4. The Morgan fingerprint density at radius 2 is 2.00 bits per heavy atom. The minimum atomic E-state index is 0.523. The van der Waals surface area contributed by atoms with E-state index in [0.29, 0.717) is 11.8 Å². The lowest BCUT2D eigenvalue weighted by atomic mass is 10.2. The summed E-state index contributed by atoms with van der Waals surface area (Å²) in [4.78, 5) is 5.81. The fraction of sp³-hybridized carbons (Fsp3) is 0.500. The summed E-state index contributed by atoms with van der Waals surface area (Å²) >= 11 is 1.66. The molecule has 0 aliphatic heterocycles. The second kappa shape index (κ2) is 3.32. The van der Waals surface area contributed by atoms with E-state index in [1.54, 1.807) is 11.3 Å². The van der Waals surface area contributed by atoms with Crippen LogP contribution in [-0.4, -0.2) is 10.1 Å². The van der Waals surface area contributed by atoms with Gasteiger partial charge >= 0.3 is 0 Å². The maximum Gasteiger partial charge on any atom is 0.260 e. The van der Waals surface area contributed by atoms with Gasteiger partial charge in [0, 0.05) is 10.8 Å². The second-order valence-electron chi connectivity index (χ2n) is 4.93. The molecule has 4 nitrogen and oxygen atoms in total. The van der Waals surface area contributed by atoms with E-state index in [9.17, 15) is 0 Å². The SMILES string of the molecule is Nc1sc(C2CC2)cc1-c1nc(C2CC2)no1. The van der Waals surface area contributed by atoms with Crippen LogP contribution in [0.5, 0.6) is 0 Å². The molecule has 2 aromatic rings. The Labute approximate surface area is 103 Å². The van der Waals surface area contributed by atoms with Gasteiger partial charge in [-0.15, -0.1) is 11.3 Å². The van der Waals surface area contributed by atoms with Crippen molar-refractivity contribution in [2.24, 2.45) is 0 Å². The van der Waals surface area contributed by atoms with Gasteiger partial charge in [0.1, 0.15) is 0 Å². The average Bonchev–Trinajstić information content (AvgIpc) is 3.24. The van der Waals surface area contributed by atoms with Crippen LogP contribution in [0.25, 0.3) is 11.5 Å². The maximum absolute atomic E-state index is 6.03. The third-order valence-electron chi connectivity index (χ3n) is 3.37. The third kappa shape index (κ3) is 1.65. The number of rotatable bonds is 3. The van der Waals surface area contributed by atoms with Crippen molar-refractivity contribution in [3.05, 3.63) is 16.8 Å². The molecule has 0 aromatic carbocycles. The van der Waals surface area contributed by atoms with Crippen LogP contribution < -0.4 is 5.73 Å². The lowest BCUT2D eigenvalue weighted by Gasteiger charge is -1.88. The highest BCUT2D eigenvalue weighted by molar-refractivity contribution is 7.16. The molecule has 2 fully saturated rings. The largest absolute Gasteiger partial charge is 0.390 e. The molecule has 5 heteroatoms. The van der Waals surface area contributed by atoms with Crippen LogP contribution in [0.15, 0.2) is 10.6 Å². The zero-order valence-electron chi connectivity index (χ0n) is 9.35. The van der Waals surface area contributed by atoms with E-state index in [2.05, 4.69) is 16.2 Å². The van der Waals surface area contributed by atoms with Crippen LogP contribution in [0.3, 0.4) is 0 Å². The smallest absolute Gasteiger partial charge is 0.260 e.